The minimum atomic E-state index is -0.827. The van der Waals surface area contributed by atoms with Crippen LogP contribution >= 0.6 is 0 Å². The average Bonchev–Trinajstić information content (AvgIpc) is 2.63. The quantitative estimate of drug-likeness (QED) is 0.813. The molecule has 2 N–H and O–H groups in total. The highest BCUT2D eigenvalue weighted by atomic mass is 16.5. The van der Waals surface area contributed by atoms with Gasteiger partial charge < -0.3 is 19.9 Å². The van der Waals surface area contributed by atoms with Crippen LogP contribution in [-0.4, -0.2) is 33.3 Å². The summed E-state index contributed by atoms with van der Waals surface area (Å²) in [5.74, 6) is -0.210. The summed E-state index contributed by atoms with van der Waals surface area (Å²) in [6, 6.07) is 7.32. The second-order valence-corrected chi connectivity index (χ2v) is 7.44. The van der Waals surface area contributed by atoms with Crippen molar-refractivity contribution < 1.29 is 19.4 Å². The number of fused-ring (bicyclic) bond motifs is 1. The summed E-state index contributed by atoms with van der Waals surface area (Å²) < 4.78 is 12.6. The summed E-state index contributed by atoms with van der Waals surface area (Å²) in [5, 5.41) is 12.9. The first-order chi connectivity index (χ1) is 13.2. The Morgan fingerprint density at radius 2 is 2.04 bits per heavy atom. The zero-order valence-electron chi connectivity index (χ0n) is 16.5. The first kappa shape index (κ1) is 19.9. The molecule has 8 heteroatoms. The third kappa shape index (κ3) is 4.01. The molecule has 0 fully saturated rings. The lowest BCUT2D eigenvalue weighted by atomic mass is 10.1. The molecule has 0 saturated heterocycles. The van der Waals surface area contributed by atoms with Crippen molar-refractivity contribution in [3.63, 3.8) is 0 Å². The Labute approximate surface area is 163 Å². The monoisotopic (exact) mass is 387 g/mol. The highest BCUT2D eigenvalue weighted by Crippen LogP contribution is 2.27. The van der Waals surface area contributed by atoms with E-state index in [0.717, 1.165) is 11.3 Å². The van der Waals surface area contributed by atoms with Crippen molar-refractivity contribution in [1.29, 1.82) is 0 Å². The number of carbonyl (C=O) groups excluding carboxylic acids is 1. The Bertz CT molecular complexity index is 932. The van der Waals surface area contributed by atoms with Gasteiger partial charge in [-0.1, -0.05) is 12.1 Å². The van der Waals surface area contributed by atoms with E-state index in [-0.39, 0.29) is 24.9 Å². The summed E-state index contributed by atoms with van der Waals surface area (Å²) in [6.45, 7) is 8.27. The van der Waals surface area contributed by atoms with Crippen LogP contribution in [0, 0.1) is 0 Å². The summed E-state index contributed by atoms with van der Waals surface area (Å²) in [5.41, 5.74) is -0.912. The molecule has 2 aromatic rings. The maximum Gasteiger partial charge on any atom is 0.296 e. The van der Waals surface area contributed by atoms with Gasteiger partial charge in [-0.25, -0.2) is 4.98 Å². The van der Waals surface area contributed by atoms with E-state index in [1.54, 1.807) is 13.8 Å². The van der Waals surface area contributed by atoms with E-state index in [1.165, 1.54) is 4.57 Å². The van der Waals surface area contributed by atoms with Crippen LogP contribution in [0.25, 0.3) is 0 Å². The minimum absolute atomic E-state index is 0.0796. The smallest absolute Gasteiger partial charge is 0.296 e. The number of ether oxygens (including phenoxy) is 2. The van der Waals surface area contributed by atoms with Crippen molar-refractivity contribution in [1.82, 2.24) is 14.9 Å². The van der Waals surface area contributed by atoms with Crippen LogP contribution in [0.1, 0.15) is 49.6 Å². The Hall–Kier alpha value is -2.87. The molecule has 0 aliphatic carbocycles. The molecule has 2 heterocycles. The molecule has 150 valence electrons. The Kier molecular flexibility index (Phi) is 5.42. The molecule has 0 radical (unpaired) electrons. The van der Waals surface area contributed by atoms with Crippen molar-refractivity contribution in [2.45, 2.75) is 52.5 Å². The van der Waals surface area contributed by atoms with Crippen LogP contribution in [0.15, 0.2) is 29.1 Å². The van der Waals surface area contributed by atoms with Gasteiger partial charge in [0.1, 0.15) is 17.2 Å². The number of carbonyl (C=O) groups is 1. The molecule has 1 aliphatic rings. The number of hydrogen-bond acceptors (Lipinski definition) is 6. The lowest BCUT2D eigenvalue weighted by Crippen LogP contribution is -2.42. The van der Waals surface area contributed by atoms with Crippen LogP contribution in [0.5, 0.6) is 11.5 Å². The molecule has 0 atom stereocenters. The van der Waals surface area contributed by atoms with Crippen molar-refractivity contribution in [3.8, 4) is 11.5 Å². The third-order valence-electron chi connectivity index (χ3n) is 4.42. The van der Waals surface area contributed by atoms with Gasteiger partial charge in [0.15, 0.2) is 5.69 Å². The normalized spacial score (nSPS) is 15.2. The van der Waals surface area contributed by atoms with Gasteiger partial charge in [-0.3, -0.25) is 14.2 Å². The van der Waals surface area contributed by atoms with Crippen molar-refractivity contribution in [3.05, 3.63) is 51.7 Å². The molecular formula is C20H25N3O5. The third-order valence-corrected chi connectivity index (χ3v) is 4.42. The first-order valence-corrected chi connectivity index (χ1v) is 9.21. The Morgan fingerprint density at radius 1 is 1.36 bits per heavy atom. The van der Waals surface area contributed by atoms with E-state index < -0.39 is 22.8 Å². The van der Waals surface area contributed by atoms with E-state index in [2.05, 4.69) is 10.3 Å². The van der Waals surface area contributed by atoms with Gasteiger partial charge in [-0.05, 0) is 45.4 Å². The second kappa shape index (κ2) is 7.63. The molecular weight excluding hydrogens is 362 g/mol. The molecule has 1 aromatic carbocycles. The maximum absolute atomic E-state index is 12.6. The van der Waals surface area contributed by atoms with Crippen molar-refractivity contribution in [2.75, 3.05) is 6.61 Å². The van der Waals surface area contributed by atoms with Crippen molar-refractivity contribution in [2.24, 2.45) is 0 Å². The fourth-order valence-electron chi connectivity index (χ4n) is 3.05. The zero-order chi connectivity index (χ0) is 20.5. The van der Waals surface area contributed by atoms with Crippen LogP contribution < -0.4 is 15.6 Å². The molecule has 1 aliphatic heterocycles. The molecule has 0 bridgehead atoms. The van der Waals surface area contributed by atoms with Gasteiger partial charge in [-0.15, -0.1) is 0 Å². The topological polar surface area (TPSA) is 103 Å². The molecule has 0 unspecified atom stereocenters. The summed E-state index contributed by atoms with van der Waals surface area (Å²) >= 11 is 0. The second-order valence-electron chi connectivity index (χ2n) is 7.44. The Morgan fingerprint density at radius 3 is 2.68 bits per heavy atom. The lowest BCUT2D eigenvalue weighted by Gasteiger charge is -2.32. The molecule has 3 rings (SSSR count). The largest absolute Gasteiger partial charge is 0.501 e. The molecule has 0 saturated carbocycles. The van der Waals surface area contributed by atoms with E-state index in [0.29, 0.717) is 12.4 Å². The highest BCUT2D eigenvalue weighted by Gasteiger charge is 2.34. The molecule has 8 nitrogen and oxygen atoms in total. The van der Waals surface area contributed by atoms with Crippen LogP contribution in [0.2, 0.25) is 0 Å². The molecule has 1 aromatic heterocycles. The SMILES string of the molecule is CC(C)Oc1ccc(CNC(=O)c2nc3n(c(=O)c2O)CCOC3(C)C)cc1. The zero-order valence-corrected chi connectivity index (χ0v) is 16.5. The number of nitrogens with one attached hydrogen (secondary N) is 1. The lowest BCUT2D eigenvalue weighted by molar-refractivity contribution is -0.0566. The minimum Gasteiger partial charge on any atom is -0.501 e. The van der Waals surface area contributed by atoms with Crippen LogP contribution in [-0.2, 0) is 23.4 Å². The van der Waals surface area contributed by atoms with Gasteiger partial charge >= 0.3 is 0 Å². The van der Waals surface area contributed by atoms with E-state index in [1.807, 2.05) is 38.1 Å². The molecule has 1 amide bonds. The fraction of sp³-hybridized carbons (Fsp3) is 0.450. The van der Waals surface area contributed by atoms with E-state index >= 15 is 0 Å². The van der Waals surface area contributed by atoms with Gasteiger partial charge in [0.05, 0.1) is 19.3 Å². The standard InChI is InChI=1S/C20H25N3O5/c1-12(2)28-14-7-5-13(6-8-14)11-21-17(25)15-16(24)18(26)23-9-10-27-20(3,4)19(23)22-15/h5-8,12,24H,9-11H2,1-4H3,(H,21,25). The van der Waals surface area contributed by atoms with Crippen molar-refractivity contribution >= 4 is 5.91 Å². The number of nitrogens with zero attached hydrogens (tertiary/aromatic N) is 2. The number of benzene rings is 1. The summed E-state index contributed by atoms with van der Waals surface area (Å²) in [6.07, 6.45) is 0.0796. The van der Waals surface area contributed by atoms with Gasteiger partial charge in [-0.2, -0.15) is 0 Å². The van der Waals surface area contributed by atoms with Gasteiger partial charge in [0, 0.05) is 6.54 Å². The predicted octanol–water partition coefficient (Wildman–Crippen LogP) is 1.93. The number of rotatable bonds is 5. The molecule has 28 heavy (non-hydrogen) atoms. The first-order valence-electron chi connectivity index (χ1n) is 9.21. The van der Waals surface area contributed by atoms with Crippen LogP contribution in [0.3, 0.4) is 0 Å². The number of aromatic hydroxyl groups is 1. The van der Waals surface area contributed by atoms with Crippen LogP contribution in [0.4, 0.5) is 0 Å². The fourth-order valence-corrected chi connectivity index (χ4v) is 3.05. The summed E-state index contributed by atoms with van der Waals surface area (Å²) in [4.78, 5) is 29.2. The number of aromatic nitrogens is 2. The van der Waals surface area contributed by atoms with Gasteiger partial charge in [0.2, 0.25) is 5.75 Å². The summed E-state index contributed by atoms with van der Waals surface area (Å²) in [7, 11) is 0. The number of hydrogen-bond donors (Lipinski definition) is 2. The number of amides is 1. The maximum atomic E-state index is 12.6. The Balaban J connectivity index is 1.78. The van der Waals surface area contributed by atoms with E-state index in [9.17, 15) is 14.7 Å². The highest BCUT2D eigenvalue weighted by molar-refractivity contribution is 5.94. The van der Waals surface area contributed by atoms with Gasteiger partial charge in [0.25, 0.3) is 11.5 Å². The molecule has 0 spiro atoms. The predicted molar refractivity (Wildman–Crippen MR) is 103 cm³/mol. The average molecular weight is 387 g/mol. The van der Waals surface area contributed by atoms with E-state index in [4.69, 9.17) is 9.47 Å².